The van der Waals surface area contributed by atoms with Gasteiger partial charge in [-0.15, -0.1) is 13.2 Å². The first kappa shape index (κ1) is 18.0. The SMILES string of the molecule is CS(=O)(=O)[C@@H]1CCN(S(=O)(=O)c2ccc(OC(F)(F)F)cc2)C1. The van der Waals surface area contributed by atoms with E-state index in [0.717, 1.165) is 34.8 Å². The number of rotatable bonds is 4. The van der Waals surface area contributed by atoms with Gasteiger partial charge in [-0.3, -0.25) is 0 Å². The molecule has 0 bridgehead atoms. The third-order valence-corrected chi connectivity index (χ3v) is 6.88. The number of halogens is 3. The van der Waals surface area contributed by atoms with Crippen LogP contribution in [0.5, 0.6) is 5.75 Å². The van der Waals surface area contributed by atoms with E-state index in [9.17, 15) is 30.0 Å². The molecule has 0 N–H and O–H groups in total. The molecule has 11 heteroatoms. The highest BCUT2D eigenvalue weighted by Gasteiger charge is 2.37. The molecule has 0 aliphatic carbocycles. The van der Waals surface area contributed by atoms with Crippen molar-refractivity contribution in [3.8, 4) is 5.75 Å². The molecule has 0 aromatic heterocycles. The summed E-state index contributed by atoms with van der Waals surface area (Å²) in [6, 6.07) is 3.77. The van der Waals surface area contributed by atoms with Gasteiger partial charge in [0.25, 0.3) is 0 Å². The molecular formula is C12H14F3NO5S2. The van der Waals surface area contributed by atoms with Crippen molar-refractivity contribution >= 4 is 19.9 Å². The third-order valence-electron chi connectivity index (χ3n) is 3.41. The van der Waals surface area contributed by atoms with Gasteiger partial charge >= 0.3 is 6.36 Å². The normalized spacial score (nSPS) is 20.6. The summed E-state index contributed by atoms with van der Waals surface area (Å²) in [5.41, 5.74) is 0. The van der Waals surface area contributed by atoms with Gasteiger partial charge in [-0.25, -0.2) is 16.8 Å². The second-order valence-electron chi connectivity index (χ2n) is 5.12. The van der Waals surface area contributed by atoms with E-state index < -0.39 is 37.2 Å². The summed E-state index contributed by atoms with van der Waals surface area (Å²) in [6.07, 6.45) is -3.64. The average Bonchev–Trinajstić information content (AvgIpc) is 2.87. The maximum Gasteiger partial charge on any atom is 0.573 e. The number of alkyl halides is 3. The van der Waals surface area contributed by atoms with Gasteiger partial charge in [-0.1, -0.05) is 0 Å². The van der Waals surface area contributed by atoms with Gasteiger partial charge in [-0.05, 0) is 30.7 Å². The topological polar surface area (TPSA) is 80.8 Å². The van der Waals surface area contributed by atoms with Gasteiger partial charge < -0.3 is 4.74 Å². The number of ether oxygens (including phenoxy) is 1. The predicted molar refractivity (Wildman–Crippen MR) is 75.1 cm³/mol. The molecule has 1 aromatic rings. The molecular weight excluding hydrogens is 359 g/mol. The van der Waals surface area contributed by atoms with Crippen molar-refractivity contribution in [3.63, 3.8) is 0 Å². The zero-order valence-corrected chi connectivity index (χ0v) is 13.6. The maximum atomic E-state index is 12.4. The molecule has 0 saturated carbocycles. The molecule has 1 fully saturated rings. The lowest BCUT2D eigenvalue weighted by Crippen LogP contribution is -2.31. The van der Waals surface area contributed by atoms with E-state index in [4.69, 9.17) is 0 Å². The highest BCUT2D eigenvalue weighted by atomic mass is 32.2. The van der Waals surface area contributed by atoms with Crippen molar-refractivity contribution in [1.82, 2.24) is 4.31 Å². The lowest BCUT2D eigenvalue weighted by molar-refractivity contribution is -0.274. The highest BCUT2D eigenvalue weighted by Crippen LogP contribution is 2.27. The lowest BCUT2D eigenvalue weighted by atomic mass is 10.3. The Kier molecular flexibility index (Phi) is 4.66. The molecule has 2 rings (SSSR count). The average molecular weight is 373 g/mol. The first-order chi connectivity index (χ1) is 10.4. The van der Waals surface area contributed by atoms with E-state index in [-0.39, 0.29) is 24.4 Å². The minimum atomic E-state index is -4.86. The van der Waals surface area contributed by atoms with Crippen LogP contribution in [0.1, 0.15) is 6.42 Å². The first-order valence-corrected chi connectivity index (χ1v) is 9.84. The summed E-state index contributed by atoms with van der Waals surface area (Å²) in [4.78, 5) is -0.221. The molecule has 1 heterocycles. The Morgan fingerprint density at radius 1 is 1.13 bits per heavy atom. The van der Waals surface area contributed by atoms with Crippen molar-refractivity contribution in [2.24, 2.45) is 0 Å². The van der Waals surface area contributed by atoms with Crippen LogP contribution in [0.3, 0.4) is 0 Å². The number of hydrogen-bond acceptors (Lipinski definition) is 5. The Bertz CT molecular complexity index is 772. The molecule has 6 nitrogen and oxygen atoms in total. The molecule has 0 amide bonds. The molecule has 1 aliphatic heterocycles. The number of sulfonamides is 1. The van der Waals surface area contributed by atoms with Crippen molar-refractivity contribution in [3.05, 3.63) is 24.3 Å². The van der Waals surface area contributed by atoms with Gasteiger partial charge in [0, 0.05) is 19.3 Å². The molecule has 1 aromatic carbocycles. The number of sulfone groups is 1. The fourth-order valence-corrected chi connectivity index (χ4v) is 4.81. The van der Waals surface area contributed by atoms with Crippen molar-refractivity contribution in [1.29, 1.82) is 0 Å². The van der Waals surface area contributed by atoms with Gasteiger partial charge in [0.15, 0.2) is 9.84 Å². The fraction of sp³-hybridized carbons (Fsp3) is 0.500. The molecule has 0 radical (unpaired) electrons. The van der Waals surface area contributed by atoms with Gasteiger partial charge in [0.05, 0.1) is 10.1 Å². The second-order valence-corrected chi connectivity index (χ2v) is 9.39. The van der Waals surface area contributed by atoms with Gasteiger partial charge in [-0.2, -0.15) is 4.31 Å². The Morgan fingerprint density at radius 2 is 1.70 bits per heavy atom. The van der Waals surface area contributed by atoms with E-state index in [1.807, 2.05) is 0 Å². The summed E-state index contributed by atoms with van der Waals surface area (Å²) in [5.74, 6) is -0.535. The Balaban J connectivity index is 2.18. The molecule has 0 unspecified atom stereocenters. The van der Waals surface area contributed by atoms with Gasteiger partial charge in [0.2, 0.25) is 10.0 Å². The lowest BCUT2D eigenvalue weighted by Gasteiger charge is -2.16. The van der Waals surface area contributed by atoms with Gasteiger partial charge in [0.1, 0.15) is 5.75 Å². The largest absolute Gasteiger partial charge is 0.573 e. The zero-order valence-electron chi connectivity index (χ0n) is 11.9. The van der Waals surface area contributed by atoms with Crippen LogP contribution in [-0.4, -0.2) is 52.1 Å². The summed E-state index contributed by atoms with van der Waals surface area (Å²) < 4.78 is 88.6. The van der Waals surface area contributed by atoms with Crippen LogP contribution >= 0.6 is 0 Å². The Hall–Kier alpha value is -1.33. The van der Waals surface area contributed by atoms with Crippen LogP contribution < -0.4 is 4.74 Å². The van der Waals surface area contributed by atoms with E-state index >= 15 is 0 Å². The number of nitrogens with zero attached hydrogens (tertiary/aromatic N) is 1. The maximum absolute atomic E-state index is 12.4. The monoisotopic (exact) mass is 373 g/mol. The number of benzene rings is 1. The smallest absolute Gasteiger partial charge is 0.406 e. The summed E-state index contributed by atoms with van der Waals surface area (Å²) >= 11 is 0. The molecule has 130 valence electrons. The van der Waals surface area contributed by atoms with E-state index in [2.05, 4.69) is 4.74 Å². The van der Waals surface area contributed by atoms with Crippen molar-refractivity contribution in [2.45, 2.75) is 22.9 Å². The van der Waals surface area contributed by atoms with Crippen LogP contribution in [0, 0.1) is 0 Å². The van der Waals surface area contributed by atoms with Crippen molar-refractivity contribution in [2.75, 3.05) is 19.3 Å². The molecule has 0 spiro atoms. The summed E-state index contributed by atoms with van der Waals surface area (Å²) in [6.45, 7) is -0.122. The van der Waals surface area contributed by atoms with Crippen LogP contribution in [0.4, 0.5) is 13.2 Å². The third kappa shape index (κ3) is 4.36. The predicted octanol–water partition coefficient (Wildman–Crippen LogP) is 1.39. The zero-order chi connectivity index (χ0) is 17.5. The van der Waals surface area contributed by atoms with Crippen LogP contribution in [0.2, 0.25) is 0 Å². The standard InChI is InChI=1S/C12H14F3NO5S2/c1-22(17,18)11-6-7-16(8-11)23(19,20)10-4-2-9(3-5-10)21-12(13,14)15/h2-5,11H,6-8H2,1H3/t11-/m1/s1. The van der Waals surface area contributed by atoms with E-state index in [1.165, 1.54) is 0 Å². The van der Waals surface area contributed by atoms with Crippen LogP contribution in [0.25, 0.3) is 0 Å². The Labute approximate surface area is 131 Å². The Morgan fingerprint density at radius 3 is 2.13 bits per heavy atom. The molecule has 1 atom stereocenters. The minimum absolute atomic E-state index is 0.0425. The van der Waals surface area contributed by atoms with Crippen LogP contribution in [0.15, 0.2) is 29.2 Å². The fourth-order valence-electron chi connectivity index (χ4n) is 2.23. The molecule has 1 saturated heterocycles. The quantitative estimate of drug-likeness (QED) is 0.797. The van der Waals surface area contributed by atoms with Crippen molar-refractivity contribution < 1.29 is 34.7 Å². The highest BCUT2D eigenvalue weighted by molar-refractivity contribution is 7.91. The summed E-state index contributed by atoms with van der Waals surface area (Å²) in [5, 5.41) is -0.773. The van der Waals surface area contributed by atoms with E-state index in [1.54, 1.807) is 0 Å². The first-order valence-electron chi connectivity index (χ1n) is 6.44. The van der Waals surface area contributed by atoms with E-state index in [0.29, 0.717) is 0 Å². The second kappa shape index (κ2) is 5.95. The number of hydrogen-bond donors (Lipinski definition) is 0. The van der Waals surface area contributed by atoms with Crippen LogP contribution in [-0.2, 0) is 19.9 Å². The summed E-state index contributed by atoms with van der Waals surface area (Å²) in [7, 11) is -7.32. The minimum Gasteiger partial charge on any atom is -0.406 e. The molecule has 1 aliphatic rings. The molecule has 23 heavy (non-hydrogen) atoms.